The van der Waals surface area contributed by atoms with Gasteiger partial charge in [0.1, 0.15) is 0 Å². The zero-order valence-corrected chi connectivity index (χ0v) is 18.8. The van der Waals surface area contributed by atoms with Crippen molar-refractivity contribution < 1.29 is 17.7 Å². The predicted octanol–water partition coefficient (Wildman–Crippen LogP) is 3.76. The van der Waals surface area contributed by atoms with Gasteiger partial charge in [0, 0.05) is 42.8 Å². The number of halogens is 1. The van der Waals surface area contributed by atoms with Crippen LogP contribution in [0.1, 0.15) is 21.6 Å². The number of nitrogens with zero attached hydrogens (tertiary/aromatic N) is 3. The molecule has 1 aromatic heterocycles. The van der Waals surface area contributed by atoms with Gasteiger partial charge in [-0.2, -0.15) is 4.31 Å². The highest BCUT2D eigenvalue weighted by Gasteiger charge is 2.32. The van der Waals surface area contributed by atoms with Crippen LogP contribution in [-0.4, -0.2) is 54.9 Å². The van der Waals surface area contributed by atoms with Gasteiger partial charge in [-0.25, -0.2) is 8.42 Å². The fraction of sp³-hybridized carbons (Fsp3) is 0.273. The number of amides is 1. The molecule has 0 bridgehead atoms. The molecule has 4 rings (SSSR count). The second kappa shape index (κ2) is 8.45. The van der Waals surface area contributed by atoms with E-state index >= 15 is 0 Å². The van der Waals surface area contributed by atoms with E-state index in [4.69, 9.17) is 16.1 Å². The van der Waals surface area contributed by atoms with Gasteiger partial charge in [-0.3, -0.25) is 4.79 Å². The third-order valence-electron chi connectivity index (χ3n) is 5.33. The van der Waals surface area contributed by atoms with Crippen molar-refractivity contribution in [3.63, 3.8) is 0 Å². The number of rotatable bonds is 4. The molecule has 9 heteroatoms. The van der Waals surface area contributed by atoms with Gasteiger partial charge in [0.15, 0.2) is 11.5 Å². The summed E-state index contributed by atoms with van der Waals surface area (Å²) in [5.74, 6) is 0.155. The van der Waals surface area contributed by atoms with Crippen molar-refractivity contribution in [3.05, 3.63) is 70.4 Å². The fourth-order valence-corrected chi connectivity index (χ4v) is 5.49. The average molecular weight is 460 g/mol. The van der Waals surface area contributed by atoms with Crippen molar-refractivity contribution >= 4 is 27.5 Å². The lowest BCUT2D eigenvalue weighted by atomic mass is 10.1. The minimum atomic E-state index is -3.62. The number of benzene rings is 2. The Hall–Kier alpha value is -2.68. The van der Waals surface area contributed by atoms with Gasteiger partial charge in [-0.05, 0) is 43.2 Å². The highest BCUT2D eigenvalue weighted by molar-refractivity contribution is 7.89. The highest BCUT2D eigenvalue weighted by Crippen LogP contribution is 2.25. The maximum atomic E-state index is 13.1. The van der Waals surface area contributed by atoms with Crippen molar-refractivity contribution in [1.82, 2.24) is 14.4 Å². The van der Waals surface area contributed by atoms with E-state index in [0.717, 1.165) is 11.1 Å². The van der Waals surface area contributed by atoms with Crippen molar-refractivity contribution in [2.24, 2.45) is 0 Å². The zero-order valence-electron chi connectivity index (χ0n) is 17.2. The molecule has 2 aromatic carbocycles. The molecule has 1 fully saturated rings. The number of aromatic nitrogens is 1. The molecule has 0 spiro atoms. The number of hydrogen-bond donors (Lipinski definition) is 0. The number of carbonyl (C=O) groups is 1. The van der Waals surface area contributed by atoms with Crippen molar-refractivity contribution in [2.45, 2.75) is 18.7 Å². The van der Waals surface area contributed by atoms with Gasteiger partial charge in [0.05, 0.1) is 4.90 Å². The Morgan fingerprint density at radius 3 is 2.48 bits per heavy atom. The second-order valence-electron chi connectivity index (χ2n) is 7.55. The van der Waals surface area contributed by atoms with Crippen LogP contribution in [-0.2, 0) is 10.0 Å². The van der Waals surface area contributed by atoms with E-state index in [-0.39, 0.29) is 37.8 Å². The van der Waals surface area contributed by atoms with Gasteiger partial charge in [-0.15, -0.1) is 0 Å². The molecule has 162 valence electrons. The summed E-state index contributed by atoms with van der Waals surface area (Å²) >= 11 is 6.01. The molecule has 0 atom stereocenters. The van der Waals surface area contributed by atoms with Crippen LogP contribution in [0.25, 0.3) is 11.3 Å². The molecule has 0 saturated carbocycles. The Balaban J connectivity index is 1.45. The molecule has 0 aliphatic carbocycles. The monoisotopic (exact) mass is 459 g/mol. The Bertz CT molecular complexity index is 1230. The quantitative estimate of drug-likeness (QED) is 0.593. The lowest BCUT2D eigenvalue weighted by Crippen LogP contribution is -2.50. The molecule has 1 saturated heterocycles. The summed E-state index contributed by atoms with van der Waals surface area (Å²) in [5, 5.41) is 4.45. The van der Waals surface area contributed by atoms with Crippen LogP contribution in [0.4, 0.5) is 0 Å². The minimum Gasteiger partial charge on any atom is -0.355 e. The number of piperazine rings is 1. The van der Waals surface area contributed by atoms with Crippen molar-refractivity contribution in [1.29, 1.82) is 0 Å². The summed E-state index contributed by atoms with van der Waals surface area (Å²) in [6.07, 6.45) is 0. The van der Waals surface area contributed by atoms with Gasteiger partial charge in [0.2, 0.25) is 10.0 Å². The van der Waals surface area contributed by atoms with E-state index in [1.54, 1.807) is 42.2 Å². The fourth-order valence-electron chi connectivity index (χ4n) is 3.57. The first-order valence-corrected chi connectivity index (χ1v) is 11.7. The Kier molecular flexibility index (Phi) is 5.88. The van der Waals surface area contributed by atoms with E-state index in [9.17, 15) is 13.2 Å². The summed E-state index contributed by atoms with van der Waals surface area (Å²) in [5.41, 5.74) is 2.50. The lowest BCUT2D eigenvalue weighted by Gasteiger charge is -2.33. The summed E-state index contributed by atoms with van der Waals surface area (Å²) in [7, 11) is -3.62. The first-order chi connectivity index (χ1) is 14.8. The van der Waals surface area contributed by atoms with E-state index in [1.807, 2.05) is 25.1 Å². The normalized spacial score (nSPS) is 15.3. The number of hydrogen-bond acceptors (Lipinski definition) is 5. The zero-order chi connectivity index (χ0) is 22.2. The van der Waals surface area contributed by atoms with E-state index in [1.165, 1.54) is 4.31 Å². The first kappa shape index (κ1) is 21.5. The van der Waals surface area contributed by atoms with Crippen LogP contribution in [0.5, 0.6) is 0 Å². The number of sulfonamides is 1. The maximum absolute atomic E-state index is 13.1. The van der Waals surface area contributed by atoms with Gasteiger partial charge < -0.3 is 9.42 Å². The van der Waals surface area contributed by atoms with E-state index in [0.29, 0.717) is 21.2 Å². The van der Waals surface area contributed by atoms with Crippen LogP contribution < -0.4 is 0 Å². The number of aryl methyl sites for hydroxylation is 2. The maximum Gasteiger partial charge on any atom is 0.276 e. The minimum absolute atomic E-state index is 0.181. The summed E-state index contributed by atoms with van der Waals surface area (Å²) < 4.78 is 32.9. The number of carbonyl (C=O) groups excluding carboxylic acids is 1. The molecule has 3 aromatic rings. The molecule has 1 aliphatic heterocycles. The molecule has 7 nitrogen and oxygen atoms in total. The third-order valence-corrected chi connectivity index (χ3v) is 7.60. The molecule has 1 amide bonds. The highest BCUT2D eigenvalue weighted by atomic mass is 35.5. The Labute approximate surface area is 186 Å². The van der Waals surface area contributed by atoms with Crippen LogP contribution in [0.2, 0.25) is 5.02 Å². The smallest absolute Gasteiger partial charge is 0.276 e. The predicted molar refractivity (Wildman–Crippen MR) is 118 cm³/mol. The summed E-state index contributed by atoms with van der Waals surface area (Å²) in [4.78, 5) is 14.8. The van der Waals surface area contributed by atoms with E-state index in [2.05, 4.69) is 5.16 Å². The molecule has 1 aliphatic rings. The Morgan fingerprint density at radius 2 is 1.77 bits per heavy atom. The van der Waals surface area contributed by atoms with Crippen LogP contribution in [0.3, 0.4) is 0 Å². The summed E-state index contributed by atoms with van der Waals surface area (Å²) in [6.45, 7) is 4.66. The van der Waals surface area contributed by atoms with Crippen LogP contribution in [0.15, 0.2) is 57.9 Å². The lowest BCUT2D eigenvalue weighted by molar-refractivity contribution is 0.0687. The topological polar surface area (TPSA) is 83.7 Å². The molecular weight excluding hydrogens is 438 g/mol. The standard InChI is InChI=1S/C22H22ClN3O4S/c1-15-6-7-16(2)21(12-15)31(28,29)26-10-8-25(9-11-26)22(27)19-14-20(30-24-19)17-4-3-5-18(23)13-17/h3-7,12-14H,8-11H2,1-2H3. The SMILES string of the molecule is Cc1ccc(C)c(S(=O)(=O)N2CCN(C(=O)c3cc(-c4cccc(Cl)c4)on3)CC2)c1. The molecule has 0 unspecified atom stereocenters. The molecule has 31 heavy (non-hydrogen) atoms. The van der Waals surface area contributed by atoms with Crippen LogP contribution in [0, 0.1) is 13.8 Å². The molecule has 0 radical (unpaired) electrons. The van der Waals surface area contributed by atoms with Gasteiger partial charge >= 0.3 is 0 Å². The third kappa shape index (κ3) is 4.37. The van der Waals surface area contributed by atoms with Gasteiger partial charge in [-0.1, -0.05) is 41.0 Å². The van der Waals surface area contributed by atoms with Gasteiger partial charge in [0.25, 0.3) is 5.91 Å². The van der Waals surface area contributed by atoms with Crippen LogP contribution >= 0.6 is 11.6 Å². The molecule has 2 heterocycles. The second-order valence-corrected chi connectivity index (χ2v) is 9.89. The first-order valence-electron chi connectivity index (χ1n) is 9.85. The molecular formula is C22H22ClN3O4S. The Morgan fingerprint density at radius 1 is 1.03 bits per heavy atom. The van der Waals surface area contributed by atoms with Crippen molar-refractivity contribution in [2.75, 3.05) is 26.2 Å². The largest absolute Gasteiger partial charge is 0.355 e. The van der Waals surface area contributed by atoms with E-state index < -0.39 is 10.0 Å². The van der Waals surface area contributed by atoms with Crippen molar-refractivity contribution in [3.8, 4) is 11.3 Å². The summed E-state index contributed by atoms with van der Waals surface area (Å²) in [6, 6.07) is 14.0. The average Bonchev–Trinajstić information content (AvgIpc) is 3.25. The molecule has 0 N–H and O–H groups in total.